The first-order valence-electron chi connectivity index (χ1n) is 6.43. The molecule has 2 heterocycles. The number of fused-ring (bicyclic) bond motifs is 1. The van der Waals surface area contributed by atoms with Gasteiger partial charge >= 0.3 is 0 Å². The Balaban J connectivity index is 1.91. The molecule has 0 bridgehead atoms. The fraction of sp³-hybridized carbons (Fsp3) is 0.200. The lowest BCUT2D eigenvalue weighted by Gasteiger charge is -2.09. The second-order valence-electron chi connectivity index (χ2n) is 4.80. The Hall–Kier alpha value is -1.91. The number of hydrogen-bond donors (Lipinski definition) is 1. The number of pyridine rings is 1. The van der Waals surface area contributed by atoms with Crippen LogP contribution >= 0.6 is 11.6 Å². The Morgan fingerprint density at radius 3 is 2.80 bits per heavy atom. The SMILES string of the molecule is Cn1nc(CC(N)c2ccc(Cl)cn2)c2ccccc21. The van der Waals surface area contributed by atoms with Crippen molar-refractivity contribution in [2.24, 2.45) is 12.8 Å². The van der Waals surface area contributed by atoms with E-state index in [1.807, 2.05) is 29.9 Å². The lowest BCUT2D eigenvalue weighted by atomic mass is 10.1. The van der Waals surface area contributed by atoms with Crippen LogP contribution in [-0.2, 0) is 13.5 Å². The van der Waals surface area contributed by atoms with Gasteiger partial charge in [-0.25, -0.2) is 0 Å². The molecule has 0 aliphatic rings. The molecule has 5 heteroatoms. The largest absolute Gasteiger partial charge is 0.322 e. The van der Waals surface area contributed by atoms with Crippen molar-refractivity contribution in [1.82, 2.24) is 14.8 Å². The van der Waals surface area contributed by atoms with Gasteiger partial charge in [-0.15, -0.1) is 0 Å². The van der Waals surface area contributed by atoms with E-state index in [1.54, 1.807) is 12.3 Å². The molecule has 1 unspecified atom stereocenters. The van der Waals surface area contributed by atoms with E-state index in [9.17, 15) is 0 Å². The molecule has 0 saturated heterocycles. The Labute approximate surface area is 122 Å². The van der Waals surface area contributed by atoms with E-state index in [1.165, 1.54) is 0 Å². The standard InChI is InChI=1S/C15H15ClN4/c1-20-15-5-3-2-4-11(15)14(19-20)8-12(17)13-7-6-10(16)9-18-13/h2-7,9,12H,8,17H2,1H3. The molecule has 3 aromatic rings. The summed E-state index contributed by atoms with van der Waals surface area (Å²) in [6.45, 7) is 0. The monoisotopic (exact) mass is 286 g/mol. The number of aromatic nitrogens is 3. The molecule has 0 aliphatic carbocycles. The van der Waals surface area contributed by atoms with Gasteiger partial charge in [-0.1, -0.05) is 29.8 Å². The van der Waals surface area contributed by atoms with Crippen molar-refractivity contribution in [2.75, 3.05) is 0 Å². The molecule has 4 nitrogen and oxygen atoms in total. The molecular formula is C15H15ClN4. The van der Waals surface area contributed by atoms with Gasteiger partial charge in [0.05, 0.1) is 28.0 Å². The minimum Gasteiger partial charge on any atom is -0.322 e. The number of benzene rings is 1. The van der Waals surface area contributed by atoms with Crippen LogP contribution in [0.15, 0.2) is 42.6 Å². The highest BCUT2D eigenvalue weighted by molar-refractivity contribution is 6.30. The molecule has 2 aromatic heterocycles. The Bertz CT molecular complexity index is 733. The Kier molecular flexibility index (Phi) is 3.42. The lowest BCUT2D eigenvalue weighted by molar-refractivity contribution is 0.665. The smallest absolute Gasteiger partial charge is 0.0722 e. The fourth-order valence-corrected chi connectivity index (χ4v) is 2.47. The first kappa shape index (κ1) is 13.1. The summed E-state index contributed by atoms with van der Waals surface area (Å²) in [6, 6.07) is 11.6. The molecule has 2 N–H and O–H groups in total. The second-order valence-corrected chi connectivity index (χ2v) is 5.24. The summed E-state index contributed by atoms with van der Waals surface area (Å²) >= 11 is 5.84. The maximum absolute atomic E-state index is 6.22. The maximum atomic E-state index is 6.22. The van der Waals surface area contributed by atoms with Gasteiger partial charge in [0.25, 0.3) is 0 Å². The molecule has 0 radical (unpaired) electrons. The first-order valence-corrected chi connectivity index (χ1v) is 6.80. The number of rotatable bonds is 3. The zero-order valence-electron chi connectivity index (χ0n) is 11.1. The van der Waals surface area contributed by atoms with Gasteiger partial charge < -0.3 is 5.73 Å². The van der Waals surface area contributed by atoms with E-state index in [0.717, 1.165) is 22.3 Å². The average molecular weight is 287 g/mol. The Morgan fingerprint density at radius 1 is 1.25 bits per heavy atom. The summed E-state index contributed by atoms with van der Waals surface area (Å²) in [5, 5.41) is 6.31. The second kappa shape index (κ2) is 5.23. The fourth-order valence-electron chi connectivity index (χ4n) is 2.36. The van der Waals surface area contributed by atoms with Gasteiger partial charge in [0.1, 0.15) is 0 Å². The molecule has 0 aliphatic heterocycles. The highest BCUT2D eigenvalue weighted by Gasteiger charge is 2.14. The van der Waals surface area contributed by atoms with Crippen LogP contribution in [-0.4, -0.2) is 14.8 Å². The van der Waals surface area contributed by atoms with Crippen LogP contribution in [0.5, 0.6) is 0 Å². The molecule has 20 heavy (non-hydrogen) atoms. The number of nitrogens with two attached hydrogens (primary N) is 1. The van der Waals surface area contributed by atoms with Crippen LogP contribution in [0, 0.1) is 0 Å². The molecule has 3 rings (SSSR count). The normalized spacial score (nSPS) is 12.8. The highest BCUT2D eigenvalue weighted by atomic mass is 35.5. The third kappa shape index (κ3) is 2.40. The minimum absolute atomic E-state index is 0.189. The zero-order valence-corrected chi connectivity index (χ0v) is 11.9. The van der Waals surface area contributed by atoms with Crippen molar-refractivity contribution in [2.45, 2.75) is 12.5 Å². The minimum atomic E-state index is -0.189. The van der Waals surface area contributed by atoms with E-state index in [0.29, 0.717) is 11.4 Å². The summed E-state index contributed by atoms with van der Waals surface area (Å²) in [5.74, 6) is 0. The molecule has 0 spiro atoms. The number of halogens is 1. The van der Waals surface area contributed by atoms with Gasteiger partial charge in [-0.2, -0.15) is 5.10 Å². The van der Waals surface area contributed by atoms with Gasteiger partial charge in [-0.05, 0) is 18.2 Å². The number of hydrogen-bond acceptors (Lipinski definition) is 3. The molecule has 1 atom stereocenters. The van der Waals surface area contributed by atoms with Crippen LogP contribution < -0.4 is 5.73 Å². The number of nitrogens with zero attached hydrogens (tertiary/aromatic N) is 3. The van der Waals surface area contributed by atoms with Crippen LogP contribution in [0.4, 0.5) is 0 Å². The zero-order chi connectivity index (χ0) is 14.1. The summed E-state index contributed by atoms with van der Waals surface area (Å²) in [7, 11) is 1.94. The maximum Gasteiger partial charge on any atom is 0.0722 e. The van der Waals surface area contributed by atoms with Gasteiger partial charge in [-0.3, -0.25) is 9.67 Å². The van der Waals surface area contributed by atoms with E-state index in [4.69, 9.17) is 17.3 Å². The van der Waals surface area contributed by atoms with Gasteiger partial charge in [0, 0.05) is 25.1 Å². The van der Waals surface area contributed by atoms with Crippen molar-refractivity contribution in [3.05, 3.63) is 59.0 Å². The summed E-state index contributed by atoms with van der Waals surface area (Å²) in [4.78, 5) is 4.27. The molecule has 0 saturated carbocycles. The molecule has 0 fully saturated rings. The lowest BCUT2D eigenvalue weighted by Crippen LogP contribution is -2.15. The van der Waals surface area contributed by atoms with Crippen molar-refractivity contribution in [3.63, 3.8) is 0 Å². The van der Waals surface area contributed by atoms with Crippen LogP contribution in [0.3, 0.4) is 0 Å². The van der Waals surface area contributed by atoms with E-state index >= 15 is 0 Å². The molecular weight excluding hydrogens is 272 g/mol. The van der Waals surface area contributed by atoms with Crippen molar-refractivity contribution in [3.8, 4) is 0 Å². The summed E-state index contributed by atoms with van der Waals surface area (Å²) in [5.41, 5.74) is 9.15. The summed E-state index contributed by atoms with van der Waals surface area (Å²) < 4.78 is 1.88. The van der Waals surface area contributed by atoms with Gasteiger partial charge in [0.2, 0.25) is 0 Å². The topological polar surface area (TPSA) is 56.7 Å². The number of para-hydroxylation sites is 1. The quantitative estimate of drug-likeness (QED) is 0.805. The van der Waals surface area contributed by atoms with Crippen molar-refractivity contribution in [1.29, 1.82) is 0 Å². The predicted octanol–water partition coefficient (Wildman–Crippen LogP) is 2.86. The van der Waals surface area contributed by atoms with Crippen LogP contribution in [0.2, 0.25) is 5.02 Å². The first-order chi connectivity index (χ1) is 9.65. The van der Waals surface area contributed by atoms with Gasteiger partial charge in [0.15, 0.2) is 0 Å². The predicted molar refractivity (Wildman–Crippen MR) is 80.6 cm³/mol. The molecule has 1 aromatic carbocycles. The number of aryl methyl sites for hydroxylation is 1. The third-order valence-electron chi connectivity index (χ3n) is 3.38. The van der Waals surface area contributed by atoms with E-state index in [-0.39, 0.29) is 6.04 Å². The summed E-state index contributed by atoms with van der Waals surface area (Å²) in [6.07, 6.45) is 2.27. The van der Waals surface area contributed by atoms with Crippen molar-refractivity contribution >= 4 is 22.5 Å². The molecule has 0 amide bonds. The van der Waals surface area contributed by atoms with E-state index < -0.39 is 0 Å². The van der Waals surface area contributed by atoms with Crippen LogP contribution in [0.1, 0.15) is 17.4 Å². The molecule has 102 valence electrons. The third-order valence-corrected chi connectivity index (χ3v) is 3.60. The Morgan fingerprint density at radius 2 is 2.05 bits per heavy atom. The van der Waals surface area contributed by atoms with Crippen LogP contribution in [0.25, 0.3) is 10.9 Å². The highest BCUT2D eigenvalue weighted by Crippen LogP contribution is 2.22. The van der Waals surface area contributed by atoms with Crippen molar-refractivity contribution < 1.29 is 0 Å². The van der Waals surface area contributed by atoms with E-state index in [2.05, 4.69) is 22.2 Å². The average Bonchev–Trinajstić information content (AvgIpc) is 2.77.